The minimum absolute atomic E-state index is 0.00947. The van der Waals surface area contributed by atoms with Gasteiger partial charge in [-0.25, -0.2) is 39.9 Å². The predicted octanol–water partition coefficient (Wildman–Crippen LogP) is 24.0. The van der Waals surface area contributed by atoms with Gasteiger partial charge in [0.25, 0.3) is 0 Å². The fourth-order valence-corrected chi connectivity index (χ4v) is 14.5. The van der Waals surface area contributed by atoms with Gasteiger partial charge in [-0.15, -0.1) is 25.7 Å². The number of methoxy groups -OCH3 is 2. The molecule has 0 N–H and O–H groups in total. The van der Waals surface area contributed by atoms with Crippen LogP contribution >= 0.6 is 0 Å². The van der Waals surface area contributed by atoms with Gasteiger partial charge in [-0.2, -0.15) is 0 Å². The summed E-state index contributed by atoms with van der Waals surface area (Å²) in [6.07, 6.45) is 21.3. The minimum atomic E-state index is -0.304. The van der Waals surface area contributed by atoms with Gasteiger partial charge in [0.15, 0.2) is 0 Å². The first kappa shape index (κ1) is 93.4. The monoisotopic (exact) mass is 1740 g/mol. The van der Waals surface area contributed by atoms with E-state index >= 15 is 0 Å². The van der Waals surface area contributed by atoms with Crippen molar-refractivity contribution in [3.63, 3.8) is 0 Å². The zero-order valence-corrected chi connectivity index (χ0v) is 76.1. The van der Waals surface area contributed by atoms with Crippen molar-refractivity contribution >= 4 is 66.7 Å². The average Bonchev–Trinajstić information content (AvgIpc) is 0.784. The maximum atomic E-state index is 13.4. The van der Waals surface area contributed by atoms with Gasteiger partial charge >= 0.3 is 0 Å². The summed E-state index contributed by atoms with van der Waals surface area (Å²) in [5, 5.41) is 3.16. The second kappa shape index (κ2) is 43.0. The van der Waals surface area contributed by atoms with Crippen molar-refractivity contribution < 1.29 is 47.6 Å². The van der Waals surface area contributed by atoms with Crippen molar-refractivity contribution in [2.24, 2.45) is 0 Å². The molecule has 0 saturated carbocycles. The van der Waals surface area contributed by atoms with Crippen molar-refractivity contribution in [2.45, 2.75) is 105 Å². The van der Waals surface area contributed by atoms with Crippen molar-refractivity contribution in [3.05, 3.63) is 346 Å². The van der Waals surface area contributed by atoms with E-state index in [0.29, 0.717) is 125 Å². The third-order valence-corrected chi connectivity index (χ3v) is 21.9. The normalized spacial score (nSPS) is 10.9. The molecular weight excluding hydrogens is 1640 g/mol. The lowest BCUT2D eigenvalue weighted by atomic mass is 9.86. The summed E-state index contributed by atoms with van der Waals surface area (Å²) in [5.74, 6) is 14.7. The molecule has 0 unspecified atom stereocenters. The Bertz CT molecular complexity index is 7080. The molecular formula is C114H100N8O10. The van der Waals surface area contributed by atoms with Crippen LogP contribution in [0, 0.1) is 49.4 Å². The largest absolute Gasteiger partial charge is 0.497 e. The number of rotatable bonds is 26. The Labute approximate surface area is 770 Å². The van der Waals surface area contributed by atoms with Crippen LogP contribution < -0.4 is 28.4 Å². The fraction of sp³-hybridized carbons (Fsp3) is 0.193. The molecule has 0 atom stereocenters. The number of hydrogen-bond donors (Lipinski definition) is 0. The molecule has 132 heavy (non-hydrogen) atoms. The van der Waals surface area contributed by atoms with Crippen LogP contribution in [0.4, 0.5) is 0 Å². The maximum Gasteiger partial charge on any atom is 0.233 e. The Kier molecular flexibility index (Phi) is 30.4. The number of hydrogen-bond acceptors (Lipinski definition) is 18. The molecule has 0 amide bonds. The molecule has 16 rings (SSSR count). The molecule has 0 saturated heterocycles. The van der Waals surface area contributed by atoms with E-state index in [1.54, 1.807) is 79.9 Å². The van der Waals surface area contributed by atoms with Crippen LogP contribution in [0.15, 0.2) is 273 Å². The van der Waals surface area contributed by atoms with Crippen molar-refractivity contribution in [1.82, 2.24) is 39.9 Å². The minimum Gasteiger partial charge on any atom is -0.497 e. The van der Waals surface area contributed by atoms with Crippen molar-refractivity contribution in [1.29, 1.82) is 0 Å². The lowest BCUT2D eigenvalue weighted by molar-refractivity contribution is 0.102. The van der Waals surface area contributed by atoms with Crippen LogP contribution in [0.25, 0.3) is 88.6 Å². The quantitative estimate of drug-likeness (QED) is 0.0363. The van der Waals surface area contributed by atoms with E-state index in [-0.39, 0.29) is 78.3 Å². The third-order valence-electron chi connectivity index (χ3n) is 21.9. The van der Waals surface area contributed by atoms with Gasteiger partial charge in [-0.3, -0.25) is 19.2 Å². The van der Waals surface area contributed by atoms with Crippen molar-refractivity contribution in [2.75, 3.05) is 40.6 Å². The molecule has 0 aliphatic carbocycles. The lowest BCUT2D eigenvalue weighted by Gasteiger charge is -2.19. The van der Waals surface area contributed by atoms with E-state index in [4.69, 9.17) is 69.1 Å². The fourth-order valence-electron chi connectivity index (χ4n) is 14.5. The summed E-state index contributed by atoms with van der Waals surface area (Å²) in [7, 11) is 3.10. The highest BCUT2D eigenvalue weighted by molar-refractivity contribution is 6.12. The van der Waals surface area contributed by atoms with Crippen LogP contribution in [0.5, 0.6) is 34.5 Å². The molecule has 0 spiro atoms. The van der Waals surface area contributed by atoms with Gasteiger partial charge in [-0.1, -0.05) is 276 Å². The Morgan fingerprint density at radius 1 is 0.295 bits per heavy atom. The molecule has 12 aromatic carbocycles. The highest BCUT2D eigenvalue weighted by atomic mass is 16.5. The number of fused-ring (bicyclic) bond motifs is 4. The van der Waals surface area contributed by atoms with E-state index in [0.717, 1.165) is 43.8 Å². The van der Waals surface area contributed by atoms with Crippen LogP contribution in [-0.4, -0.2) is 104 Å². The number of carbonyl (C=O) groups excluding carboxylic acids is 4. The van der Waals surface area contributed by atoms with E-state index in [1.165, 1.54) is 34.9 Å². The molecule has 16 aromatic rings. The summed E-state index contributed by atoms with van der Waals surface area (Å²) < 4.78 is 33.1. The molecule has 656 valence electrons. The summed E-state index contributed by atoms with van der Waals surface area (Å²) >= 11 is 0. The van der Waals surface area contributed by atoms with Gasteiger partial charge in [0.1, 0.15) is 60.9 Å². The maximum absolute atomic E-state index is 13.4. The summed E-state index contributed by atoms with van der Waals surface area (Å²) in [5.41, 5.74) is 17.0. The number of ether oxygens (including phenoxy) is 6. The Hall–Kier alpha value is -16.3. The second-order valence-corrected chi connectivity index (χ2v) is 33.3. The highest BCUT2D eigenvalue weighted by Gasteiger charge is 2.26. The molecule has 0 fully saturated rings. The molecule has 0 bridgehead atoms. The average molecular weight is 1740 g/mol. The molecule has 0 radical (unpaired) electrons. The van der Waals surface area contributed by atoms with E-state index < -0.39 is 0 Å². The number of aromatic nitrogens is 8. The third kappa shape index (κ3) is 22.6. The number of ketones is 4. The van der Waals surface area contributed by atoms with E-state index in [2.05, 4.69) is 173 Å². The van der Waals surface area contributed by atoms with Gasteiger partial charge in [0, 0.05) is 60.5 Å². The summed E-state index contributed by atoms with van der Waals surface area (Å²) in [6.45, 7) is 24.3. The van der Waals surface area contributed by atoms with Gasteiger partial charge in [0.05, 0.1) is 64.6 Å². The Morgan fingerprint density at radius 2 is 0.591 bits per heavy atom. The zero-order chi connectivity index (χ0) is 93.7. The van der Waals surface area contributed by atoms with E-state index in [1.807, 2.05) is 152 Å². The molecule has 4 aromatic heterocycles. The molecule has 0 aliphatic rings. The predicted molar refractivity (Wildman–Crippen MR) is 525 cm³/mol. The van der Waals surface area contributed by atoms with Gasteiger partial charge in [0.2, 0.25) is 46.4 Å². The van der Waals surface area contributed by atoms with Gasteiger partial charge < -0.3 is 28.4 Å². The summed E-state index contributed by atoms with van der Waals surface area (Å²) in [4.78, 5) is 90.2. The standard InChI is InChI=1S/C31H30N2O2.2C28H24N2O3.C27H22N2O2/c1-7-18-35-25-16-17-27-26(19-25)28(22-10-8-21(9-11-22)20(2)3)33-30(32-27)29(34)23-12-14-24(15-13-23)31(4,5)6;1-5-15-33-23-13-14-25-24(17-23)26(20-11-9-19(10-12-20)18(2)3)30-28(29-25)27(31)21-7-6-8-22(16-21)32-4;1-5-16-33-21-14-15-24-23(17-21)26(20-12-10-19(11-13-20)18(2)3)30-28(29-24)27(31)22-8-6-7-9-25(22)32-4;1-4-16-31-22-14-15-24-23(17-22)25(20-12-10-19(11-13-20)18(2)3)29-27(28-24)26(30)21-8-6-5-7-9-21/h1,8-17,19-20H,18H2,2-6H3;1,6-14,16-18H,15H2,2-4H3;1,6-15,17-18H,16H2,2-4H3;1,5-15,17-18H,16H2,2-3H3. The second-order valence-electron chi connectivity index (χ2n) is 33.3. The number of benzene rings is 12. The van der Waals surface area contributed by atoms with Crippen LogP contribution in [0.3, 0.4) is 0 Å². The van der Waals surface area contributed by atoms with E-state index in [9.17, 15) is 19.2 Å². The molecule has 18 nitrogen and oxygen atoms in total. The number of terminal acetylenes is 4. The van der Waals surface area contributed by atoms with Crippen LogP contribution in [0.2, 0.25) is 0 Å². The Morgan fingerprint density at radius 3 is 0.894 bits per heavy atom. The van der Waals surface area contributed by atoms with Crippen LogP contribution in [-0.2, 0) is 5.41 Å². The Balaban J connectivity index is 0.000000150. The first-order valence-electron chi connectivity index (χ1n) is 43.3. The number of nitrogens with zero attached hydrogens (tertiary/aromatic N) is 8. The number of carbonyl (C=O) groups is 4. The first-order valence-corrected chi connectivity index (χ1v) is 43.3. The van der Waals surface area contributed by atoms with Crippen molar-refractivity contribution in [3.8, 4) is 129 Å². The SMILES string of the molecule is C#CCOc1ccc2nc(C(=O)c3ccc(C(C)(C)C)cc3)nc(-c3ccc(C(C)C)cc3)c2c1.C#CCOc1ccc2nc(C(=O)c3cccc(OC)c3)nc(-c3ccc(C(C)C)cc3)c2c1.C#CCOc1ccc2nc(C(=O)c3ccccc3)nc(-c3ccc(C(C)C)cc3)c2c1.C#CCOc1ccc2nc(C(=O)c3ccccc3OC)nc(-c3ccc(C(C)C)cc3)c2c1. The lowest BCUT2D eigenvalue weighted by Crippen LogP contribution is -2.12. The molecule has 18 heteroatoms. The topological polar surface area (TPSA) is 227 Å². The highest BCUT2D eigenvalue weighted by Crippen LogP contribution is 2.38. The molecule has 4 heterocycles. The molecule has 0 aliphatic heterocycles. The summed E-state index contributed by atoms with van der Waals surface area (Å²) in [6, 6.07) is 85.6. The smallest absolute Gasteiger partial charge is 0.233 e. The van der Waals surface area contributed by atoms with Crippen LogP contribution in [0.1, 0.15) is 192 Å². The van der Waals surface area contributed by atoms with Gasteiger partial charge in [-0.05, 0) is 154 Å². The first-order chi connectivity index (χ1) is 63.7. The number of para-hydroxylation sites is 1. The zero-order valence-electron chi connectivity index (χ0n) is 76.1.